The van der Waals surface area contributed by atoms with Gasteiger partial charge in [-0.1, -0.05) is 17.7 Å². The molecule has 1 N–H and O–H groups in total. The van der Waals surface area contributed by atoms with Crippen LogP contribution in [-0.4, -0.2) is 4.98 Å². The lowest BCUT2D eigenvalue weighted by atomic mass is 10.4. The van der Waals surface area contributed by atoms with Crippen molar-refractivity contribution in [3.63, 3.8) is 0 Å². The summed E-state index contributed by atoms with van der Waals surface area (Å²) in [7, 11) is 0. The van der Waals surface area contributed by atoms with Crippen molar-refractivity contribution in [1.82, 2.24) is 4.98 Å². The Kier molecular flexibility index (Phi) is 3.61. The number of hydrogen-bond donors (Lipinski definition) is 1. The second-order valence-corrected chi connectivity index (χ2v) is 5.84. The summed E-state index contributed by atoms with van der Waals surface area (Å²) in [4.78, 5) is 5.40. The molecule has 5 heteroatoms. The van der Waals surface area contributed by atoms with Gasteiger partial charge in [-0.15, -0.1) is 11.3 Å². The van der Waals surface area contributed by atoms with E-state index in [0.717, 1.165) is 16.1 Å². The van der Waals surface area contributed by atoms with E-state index >= 15 is 0 Å². The van der Waals surface area contributed by atoms with Crippen LogP contribution in [-0.2, 0) is 6.54 Å². The SMILES string of the molecule is Clc1cccc(NCc2ccc(Br)s2)n1. The second-order valence-electron chi connectivity index (χ2n) is 2.90. The first-order valence-corrected chi connectivity index (χ1v) is 6.33. The Bertz CT molecular complexity index is 458. The van der Waals surface area contributed by atoms with Crippen LogP contribution < -0.4 is 5.32 Å². The molecule has 0 radical (unpaired) electrons. The molecule has 0 unspecified atom stereocenters. The molecule has 0 saturated heterocycles. The Morgan fingerprint density at radius 1 is 1.33 bits per heavy atom. The average molecular weight is 304 g/mol. The van der Waals surface area contributed by atoms with Gasteiger partial charge < -0.3 is 5.32 Å². The molecule has 0 aliphatic carbocycles. The largest absolute Gasteiger partial charge is 0.365 e. The molecule has 2 aromatic heterocycles. The standard InChI is InChI=1S/C10H8BrClN2S/c11-8-5-4-7(15-8)6-13-10-3-1-2-9(12)14-10/h1-5H,6H2,(H,13,14). The quantitative estimate of drug-likeness (QED) is 0.861. The first-order valence-electron chi connectivity index (χ1n) is 4.35. The predicted octanol–water partition coefficient (Wildman–Crippen LogP) is 4.17. The molecule has 0 atom stereocenters. The van der Waals surface area contributed by atoms with Crippen LogP contribution in [0.2, 0.25) is 5.15 Å². The number of halogens is 2. The summed E-state index contributed by atoms with van der Waals surface area (Å²) in [6.07, 6.45) is 0. The van der Waals surface area contributed by atoms with E-state index in [1.54, 1.807) is 17.4 Å². The maximum absolute atomic E-state index is 5.77. The molecule has 0 aliphatic heterocycles. The minimum Gasteiger partial charge on any atom is -0.365 e. The van der Waals surface area contributed by atoms with Gasteiger partial charge in [-0.25, -0.2) is 4.98 Å². The number of aromatic nitrogens is 1. The summed E-state index contributed by atoms with van der Waals surface area (Å²) in [6, 6.07) is 9.64. The van der Waals surface area contributed by atoms with E-state index < -0.39 is 0 Å². The van der Waals surface area contributed by atoms with Crippen LogP contribution in [0.15, 0.2) is 34.1 Å². The van der Waals surface area contributed by atoms with Crippen LogP contribution in [0, 0.1) is 0 Å². The molecule has 0 aliphatic rings. The van der Waals surface area contributed by atoms with Gasteiger partial charge in [-0.05, 0) is 40.2 Å². The van der Waals surface area contributed by atoms with Crippen molar-refractivity contribution in [2.75, 3.05) is 5.32 Å². The zero-order valence-electron chi connectivity index (χ0n) is 7.71. The van der Waals surface area contributed by atoms with Gasteiger partial charge in [-0.3, -0.25) is 0 Å². The van der Waals surface area contributed by atoms with Gasteiger partial charge in [-0.2, -0.15) is 0 Å². The maximum Gasteiger partial charge on any atom is 0.131 e. The molecule has 0 bridgehead atoms. The second kappa shape index (κ2) is 4.96. The summed E-state index contributed by atoms with van der Waals surface area (Å²) in [5.74, 6) is 0.798. The molecule has 2 aromatic rings. The number of hydrogen-bond acceptors (Lipinski definition) is 3. The lowest BCUT2D eigenvalue weighted by molar-refractivity contribution is 1.14. The van der Waals surface area contributed by atoms with E-state index in [0.29, 0.717) is 5.15 Å². The third-order valence-electron chi connectivity index (χ3n) is 1.79. The summed E-state index contributed by atoms with van der Waals surface area (Å²) in [5.41, 5.74) is 0. The molecule has 0 spiro atoms. The summed E-state index contributed by atoms with van der Waals surface area (Å²) in [5, 5.41) is 3.72. The summed E-state index contributed by atoms with van der Waals surface area (Å²) >= 11 is 10.9. The number of rotatable bonds is 3. The fourth-order valence-electron chi connectivity index (χ4n) is 1.13. The Morgan fingerprint density at radius 2 is 2.20 bits per heavy atom. The highest BCUT2D eigenvalue weighted by Crippen LogP contribution is 2.22. The lowest BCUT2D eigenvalue weighted by Crippen LogP contribution is -1.99. The van der Waals surface area contributed by atoms with Crippen molar-refractivity contribution in [3.05, 3.63) is 44.1 Å². The first kappa shape index (κ1) is 10.9. The van der Waals surface area contributed by atoms with Gasteiger partial charge in [0.15, 0.2) is 0 Å². The highest BCUT2D eigenvalue weighted by Gasteiger charge is 1.98. The van der Waals surface area contributed by atoms with Crippen LogP contribution in [0.25, 0.3) is 0 Å². The summed E-state index contributed by atoms with van der Waals surface area (Å²) in [6.45, 7) is 0.767. The van der Waals surface area contributed by atoms with Gasteiger partial charge in [0.05, 0.1) is 10.3 Å². The predicted molar refractivity (Wildman–Crippen MR) is 68.6 cm³/mol. The smallest absolute Gasteiger partial charge is 0.131 e. The van der Waals surface area contributed by atoms with Crippen LogP contribution in [0.1, 0.15) is 4.88 Å². The van der Waals surface area contributed by atoms with Gasteiger partial charge in [0.1, 0.15) is 11.0 Å². The van der Waals surface area contributed by atoms with E-state index in [1.807, 2.05) is 18.2 Å². The highest BCUT2D eigenvalue weighted by molar-refractivity contribution is 9.11. The van der Waals surface area contributed by atoms with Crippen molar-refractivity contribution in [2.24, 2.45) is 0 Å². The van der Waals surface area contributed by atoms with E-state index in [4.69, 9.17) is 11.6 Å². The van der Waals surface area contributed by atoms with Crippen molar-refractivity contribution in [3.8, 4) is 0 Å². The number of nitrogens with zero attached hydrogens (tertiary/aromatic N) is 1. The Labute approximate surface area is 105 Å². The monoisotopic (exact) mass is 302 g/mol. The number of pyridine rings is 1. The third-order valence-corrected chi connectivity index (χ3v) is 3.62. The van der Waals surface area contributed by atoms with E-state index in [1.165, 1.54) is 4.88 Å². The molecule has 2 heterocycles. The normalized spacial score (nSPS) is 10.3. The molecule has 15 heavy (non-hydrogen) atoms. The Morgan fingerprint density at radius 3 is 2.87 bits per heavy atom. The molecule has 0 amide bonds. The van der Waals surface area contributed by atoms with Crippen molar-refractivity contribution in [2.45, 2.75) is 6.54 Å². The van der Waals surface area contributed by atoms with E-state index in [2.05, 4.69) is 32.3 Å². The van der Waals surface area contributed by atoms with Gasteiger partial charge >= 0.3 is 0 Å². The summed E-state index contributed by atoms with van der Waals surface area (Å²) < 4.78 is 1.14. The topological polar surface area (TPSA) is 24.9 Å². The highest BCUT2D eigenvalue weighted by atomic mass is 79.9. The molecule has 78 valence electrons. The number of nitrogens with one attached hydrogen (secondary N) is 1. The number of anilines is 1. The van der Waals surface area contributed by atoms with Crippen molar-refractivity contribution < 1.29 is 0 Å². The Hall–Kier alpha value is -0.580. The van der Waals surface area contributed by atoms with Crippen LogP contribution >= 0.6 is 38.9 Å². The third kappa shape index (κ3) is 3.19. The molecular formula is C10H8BrClN2S. The molecule has 2 nitrogen and oxygen atoms in total. The number of thiophene rings is 1. The van der Waals surface area contributed by atoms with Gasteiger partial charge in [0.2, 0.25) is 0 Å². The average Bonchev–Trinajstić information content (AvgIpc) is 2.62. The maximum atomic E-state index is 5.77. The molecule has 2 rings (SSSR count). The van der Waals surface area contributed by atoms with E-state index in [-0.39, 0.29) is 0 Å². The Balaban J connectivity index is 1.99. The zero-order valence-corrected chi connectivity index (χ0v) is 10.9. The zero-order chi connectivity index (χ0) is 10.7. The van der Waals surface area contributed by atoms with Gasteiger partial charge in [0, 0.05) is 4.88 Å². The van der Waals surface area contributed by atoms with Gasteiger partial charge in [0.25, 0.3) is 0 Å². The van der Waals surface area contributed by atoms with Crippen LogP contribution in [0.5, 0.6) is 0 Å². The minimum atomic E-state index is 0.507. The first-order chi connectivity index (χ1) is 7.24. The fourth-order valence-corrected chi connectivity index (χ4v) is 2.72. The van der Waals surface area contributed by atoms with Crippen molar-refractivity contribution >= 4 is 44.7 Å². The van der Waals surface area contributed by atoms with Crippen LogP contribution in [0.3, 0.4) is 0 Å². The molecule has 0 fully saturated rings. The van der Waals surface area contributed by atoms with Crippen molar-refractivity contribution in [1.29, 1.82) is 0 Å². The fraction of sp³-hybridized carbons (Fsp3) is 0.100. The lowest BCUT2D eigenvalue weighted by Gasteiger charge is -2.03. The van der Waals surface area contributed by atoms with Crippen LogP contribution in [0.4, 0.5) is 5.82 Å². The minimum absolute atomic E-state index is 0.507. The molecule has 0 aromatic carbocycles. The molecular weight excluding hydrogens is 296 g/mol. The van der Waals surface area contributed by atoms with E-state index in [9.17, 15) is 0 Å². The molecule has 0 saturated carbocycles.